The van der Waals surface area contributed by atoms with Crippen LogP contribution in [0.25, 0.3) is 11.3 Å². The van der Waals surface area contributed by atoms with Crippen molar-refractivity contribution in [2.24, 2.45) is 5.10 Å². The Labute approximate surface area is 187 Å². The summed E-state index contributed by atoms with van der Waals surface area (Å²) in [4.78, 5) is 19.2. The molecule has 0 saturated heterocycles. The highest BCUT2D eigenvalue weighted by Gasteiger charge is 2.13. The van der Waals surface area contributed by atoms with Gasteiger partial charge in [0.15, 0.2) is 11.5 Å². The molecule has 0 unspecified atom stereocenters. The van der Waals surface area contributed by atoms with Crippen molar-refractivity contribution >= 4 is 28.1 Å². The summed E-state index contributed by atoms with van der Waals surface area (Å²) in [6.07, 6.45) is 1.56. The number of rotatable bonds is 8. The van der Waals surface area contributed by atoms with Crippen LogP contribution in [-0.4, -0.2) is 29.4 Å². The topological polar surface area (TPSA) is 112 Å². The molecule has 0 radical (unpaired) electrons. The molecule has 8 nitrogen and oxygen atoms in total. The number of nitriles is 1. The van der Waals surface area contributed by atoms with E-state index in [1.54, 1.807) is 24.4 Å². The molecular formula is C22H20BrN5O3. The van der Waals surface area contributed by atoms with E-state index >= 15 is 0 Å². The van der Waals surface area contributed by atoms with E-state index in [0.717, 1.165) is 10.0 Å². The summed E-state index contributed by atoms with van der Waals surface area (Å²) >= 11 is 3.49. The maximum atomic E-state index is 12.3. The van der Waals surface area contributed by atoms with Crippen LogP contribution in [0.5, 0.6) is 11.5 Å². The van der Waals surface area contributed by atoms with Crippen LogP contribution in [0.1, 0.15) is 25.0 Å². The Bertz CT molecular complexity index is 1190. The summed E-state index contributed by atoms with van der Waals surface area (Å²) in [6.45, 7) is 4.79. The number of benzene rings is 2. The molecule has 31 heavy (non-hydrogen) atoms. The number of halogens is 1. The number of aromatic nitrogens is 2. The van der Waals surface area contributed by atoms with Crippen LogP contribution in [0.2, 0.25) is 0 Å². The molecule has 1 heterocycles. The zero-order chi connectivity index (χ0) is 22.2. The minimum absolute atomic E-state index is 0.0578. The minimum Gasteiger partial charge on any atom is -0.490 e. The third-order valence-corrected chi connectivity index (χ3v) is 4.67. The molecule has 0 saturated carbocycles. The maximum absolute atomic E-state index is 12.3. The normalized spacial score (nSPS) is 10.6. The lowest BCUT2D eigenvalue weighted by molar-refractivity contribution is 0.286. The number of hydrazone groups is 1. The molecule has 9 heteroatoms. The van der Waals surface area contributed by atoms with E-state index in [0.29, 0.717) is 30.3 Å². The summed E-state index contributed by atoms with van der Waals surface area (Å²) in [7, 11) is 0. The zero-order valence-electron chi connectivity index (χ0n) is 17.0. The predicted molar refractivity (Wildman–Crippen MR) is 123 cm³/mol. The first-order chi connectivity index (χ1) is 15.1. The highest BCUT2D eigenvalue weighted by Crippen LogP contribution is 2.36. The van der Waals surface area contributed by atoms with Gasteiger partial charge in [-0.1, -0.05) is 30.3 Å². The minimum atomic E-state index is -0.545. The number of H-pyrrole nitrogens is 1. The Kier molecular flexibility index (Phi) is 7.40. The van der Waals surface area contributed by atoms with E-state index < -0.39 is 5.56 Å². The Balaban J connectivity index is 1.89. The molecule has 0 atom stereocenters. The van der Waals surface area contributed by atoms with E-state index in [9.17, 15) is 10.1 Å². The fraction of sp³-hybridized carbons (Fsp3) is 0.182. The molecule has 0 aliphatic rings. The molecule has 2 N–H and O–H groups in total. The van der Waals surface area contributed by atoms with Crippen LogP contribution in [0.3, 0.4) is 0 Å². The average molecular weight is 482 g/mol. The molecule has 0 aliphatic heterocycles. The van der Waals surface area contributed by atoms with Gasteiger partial charge < -0.3 is 9.47 Å². The summed E-state index contributed by atoms with van der Waals surface area (Å²) in [5.74, 6) is 1.34. The van der Waals surface area contributed by atoms with Crippen molar-refractivity contribution in [2.75, 3.05) is 18.6 Å². The van der Waals surface area contributed by atoms with Gasteiger partial charge in [-0.15, -0.1) is 0 Å². The number of hydrogen-bond donors (Lipinski definition) is 2. The van der Waals surface area contributed by atoms with Gasteiger partial charge in [-0.25, -0.2) is 10.4 Å². The van der Waals surface area contributed by atoms with Gasteiger partial charge in [0.1, 0.15) is 11.6 Å². The number of ether oxygens (including phenoxy) is 2. The van der Waals surface area contributed by atoms with E-state index in [2.05, 4.69) is 36.4 Å². The maximum Gasteiger partial charge on any atom is 0.270 e. The van der Waals surface area contributed by atoms with Crippen molar-refractivity contribution in [3.05, 3.63) is 68.4 Å². The van der Waals surface area contributed by atoms with E-state index in [4.69, 9.17) is 9.47 Å². The van der Waals surface area contributed by atoms with Crippen molar-refractivity contribution in [1.82, 2.24) is 9.97 Å². The van der Waals surface area contributed by atoms with E-state index in [1.807, 2.05) is 44.2 Å². The number of aromatic amines is 1. The molecule has 2 aromatic carbocycles. The van der Waals surface area contributed by atoms with Crippen molar-refractivity contribution in [3.8, 4) is 28.8 Å². The lowest BCUT2D eigenvalue weighted by atomic mass is 10.1. The van der Waals surface area contributed by atoms with Gasteiger partial charge in [0.2, 0.25) is 5.95 Å². The molecule has 0 bridgehead atoms. The van der Waals surface area contributed by atoms with Crippen LogP contribution in [-0.2, 0) is 0 Å². The van der Waals surface area contributed by atoms with E-state index in [1.165, 1.54) is 0 Å². The Hall–Kier alpha value is -3.64. The molecule has 3 aromatic rings. The van der Waals surface area contributed by atoms with E-state index in [-0.39, 0.29) is 17.2 Å². The molecule has 158 valence electrons. The van der Waals surface area contributed by atoms with Gasteiger partial charge in [0.25, 0.3) is 5.56 Å². The fourth-order valence-corrected chi connectivity index (χ4v) is 3.39. The first kappa shape index (κ1) is 22.1. The highest BCUT2D eigenvalue weighted by molar-refractivity contribution is 9.10. The lowest BCUT2D eigenvalue weighted by Gasteiger charge is -2.13. The molecule has 0 fully saturated rings. The molecule has 0 aliphatic carbocycles. The van der Waals surface area contributed by atoms with Crippen LogP contribution in [0, 0.1) is 11.3 Å². The van der Waals surface area contributed by atoms with Gasteiger partial charge in [-0.2, -0.15) is 10.4 Å². The third kappa shape index (κ3) is 5.29. The number of nitrogens with zero attached hydrogens (tertiary/aromatic N) is 3. The molecule has 0 spiro atoms. The van der Waals surface area contributed by atoms with Crippen LogP contribution < -0.4 is 20.5 Å². The first-order valence-electron chi connectivity index (χ1n) is 9.55. The van der Waals surface area contributed by atoms with Gasteiger partial charge in [0.05, 0.1) is 29.6 Å². The lowest BCUT2D eigenvalue weighted by Crippen LogP contribution is -2.16. The molecule has 0 amide bonds. The second kappa shape index (κ2) is 10.4. The first-order valence-corrected chi connectivity index (χ1v) is 10.3. The Morgan fingerprint density at radius 1 is 1.23 bits per heavy atom. The molecule has 3 rings (SSSR count). The quantitative estimate of drug-likeness (QED) is 0.366. The summed E-state index contributed by atoms with van der Waals surface area (Å²) < 4.78 is 12.0. The smallest absolute Gasteiger partial charge is 0.270 e. The van der Waals surface area contributed by atoms with Crippen molar-refractivity contribution in [2.45, 2.75) is 13.8 Å². The fourth-order valence-electron chi connectivity index (χ4n) is 2.81. The van der Waals surface area contributed by atoms with Gasteiger partial charge in [-0.3, -0.25) is 9.78 Å². The van der Waals surface area contributed by atoms with Crippen molar-refractivity contribution < 1.29 is 9.47 Å². The Morgan fingerprint density at radius 3 is 2.65 bits per heavy atom. The monoisotopic (exact) mass is 481 g/mol. The number of anilines is 1. The second-order valence-corrected chi connectivity index (χ2v) is 7.04. The molecular weight excluding hydrogens is 462 g/mol. The van der Waals surface area contributed by atoms with Crippen molar-refractivity contribution in [1.29, 1.82) is 5.26 Å². The predicted octanol–water partition coefficient (Wildman–Crippen LogP) is 4.31. The molecule has 1 aromatic heterocycles. The summed E-state index contributed by atoms with van der Waals surface area (Å²) in [6, 6.07) is 14.6. The Morgan fingerprint density at radius 2 is 1.97 bits per heavy atom. The van der Waals surface area contributed by atoms with Crippen LogP contribution in [0.15, 0.2) is 56.8 Å². The van der Waals surface area contributed by atoms with Crippen LogP contribution in [0.4, 0.5) is 5.95 Å². The largest absolute Gasteiger partial charge is 0.490 e. The van der Waals surface area contributed by atoms with Gasteiger partial charge in [-0.05, 0) is 47.5 Å². The van der Waals surface area contributed by atoms with Gasteiger partial charge in [0, 0.05) is 5.56 Å². The van der Waals surface area contributed by atoms with Crippen molar-refractivity contribution in [3.63, 3.8) is 0 Å². The number of hydrogen-bond acceptors (Lipinski definition) is 7. The summed E-state index contributed by atoms with van der Waals surface area (Å²) in [5.41, 5.74) is 3.80. The second-order valence-electron chi connectivity index (χ2n) is 6.18. The standard InChI is InChI=1S/C22H20BrN5O3/c1-3-30-18-11-14(10-17(23)20(18)31-4-2)13-25-28-22-26-19(15-8-6-5-7-9-15)16(12-24)21(29)27-22/h5-11,13H,3-4H2,1-2H3,(H2,26,27,28,29). The SMILES string of the molecule is CCOc1cc(C=NNc2nc(-c3ccccc3)c(C#N)c(=O)[nH]2)cc(Br)c1OCC. The summed E-state index contributed by atoms with van der Waals surface area (Å²) in [5, 5.41) is 13.5. The number of nitrogens with one attached hydrogen (secondary N) is 2. The average Bonchev–Trinajstić information content (AvgIpc) is 2.76. The van der Waals surface area contributed by atoms with Crippen LogP contribution >= 0.6 is 15.9 Å². The third-order valence-electron chi connectivity index (χ3n) is 4.08. The zero-order valence-corrected chi connectivity index (χ0v) is 18.6. The van der Waals surface area contributed by atoms with Gasteiger partial charge >= 0.3 is 0 Å². The highest BCUT2D eigenvalue weighted by atomic mass is 79.9.